The average molecular weight is 213 g/mol. The normalized spacial score (nSPS) is 10.8. The fraction of sp³-hybridized carbons (Fsp3) is 0.750. The molecule has 0 atom stereocenters. The summed E-state index contributed by atoms with van der Waals surface area (Å²) < 4.78 is 0. The summed E-state index contributed by atoms with van der Waals surface area (Å²) in [6.45, 7) is 10.2. The molecule has 3 nitrogen and oxygen atoms in total. The maximum Gasteiger partial charge on any atom is 0.303 e. The van der Waals surface area contributed by atoms with Crippen molar-refractivity contribution in [2.75, 3.05) is 13.1 Å². The minimum absolute atomic E-state index is 0.262. The highest BCUT2D eigenvalue weighted by Crippen LogP contribution is 2.03. The van der Waals surface area contributed by atoms with Gasteiger partial charge in [-0.15, -0.1) is 0 Å². The number of carboxylic acid groups (broad SMARTS) is 1. The first-order valence-electron chi connectivity index (χ1n) is 5.52. The molecule has 3 heteroatoms. The summed E-state index contributed by atoms with van der Waals surface area (Å²) in [6.07, 6.45) is 3.17. The lowest BCUT2D eigenvalue weighted by Crippen LogP contribution is -2.32. The van der Waals surface area contributed by atoms with E-state index in [-0.39, 0.29) is 6.42 Å². The lowest BCUT2D eigenvalue weighted by molar-refractivity contribution is -0.137. The highest BCUT2D eigenvalue weighted by Gasteiger charge is 2.08. The number of carboxylic acids is 1. The first kappa shape index (κ1) is 14.2. The molecule has 15 heavy (non-hydrogen) atoms. The van der Waals surface area contributed by atoms with Gasteiger partial charge in [-0.3, -0.25) is 9.69 Å². The van der Waals surface area contributed by atoms with Crippen molar-refractivity contribution in [1.82, 2.24) is 4.90 Å². The van der Waals surface area contributed by atoms with Gasteiger partial charge in [0.2, 0.25) is 0 Å². The first-order chi connectivity index (χ1) is 6.93. The van der Waals surface area contributed by atoms with Crippen LogP contribution < -0.4 is 0 Å². The molecule has 0 aromatic carbocycles. The standard InChI is InChI=1S/C12H23NO2/c1-10(2)7-9-13(11(3)4)8-5-6-12(14)15/h7,11H,5-6,8-9H2,1-4H3,(H,14,15). The van der Waals surface area contributed by atoms with E-state index < -0.39 is 5.97 Å². The van der Waals surface area contributed by atoms with E-state index in [0.717, 1.165) is 19.5 Å². The van der Waals surface area contributed by atoms with Crippen molar-refractivity contribution >= 4 is 5.97 Å². The van der Waals surface area contributed by atoms with Crippen molar-refractivity contribution in [3.8, 4) is 0 Å². The molecule has 0 aliphatic carbocycles. The summed E-state index contributed by atoms with van der Waals surface area (Å²) >= 11 is 0. The van der Waals surface area contributed by atoms with E-state index in [2.05, 4.69) is 38.7 Å². The molecule has 88 valence electrons. The zero-order chi connectivity index (χ0) is 11.8. The second-order valence-corrected chi connectivity index (χ2v) is 4.37. The van der Waals surface area contributed by atoms with Gasteiger partial charge in [0.15, 0.2) is 0 Å². The monoisotopic (exact) mass is 213 g/mol. The Labute approximate surface area is 92.8 Å². The topological polar surface area (TPSA) is 40.5 Å². The minimum atomic E-state index is -0.707. The number of nitrogens with zero attached hydrogens (tertiary/aromatic N) is 1. The third-order valence-electron chi connectivity index (χ3n) is 2.30. The molecule has 0 fully saturated rings. The minimum Gasteiger partial charge on any atom is -0.481 e. The molecule has 0 radical (unpaired) electrons. The Morgan fingerprint density at radius 1 is 1.40 bits per heavy atom. The van der Waals surface area contributed by atoms with Crippen LogP contribution in [0.4, 0.5) is 0 Å². The molecule has 0 bridgehead atoms. The molecule has 0 aliphatic heterocycles. The lowest BCUT2D eigenvalue weighted by atomic mass is 10.2. The summed E-state index contributed by atoms with van der Waals surface area (Å²) in [5.41, 5.74) is 1.30. The predicted molar refractivity (Wildman–Crippen MR) is 63.0 cm³/mol. The van der Waals surface area contributed by atoms with E-state index in [9.17, 15) is 4.79 Å². The molecule has 0 aliphatic rings. The highest BCUT2D eigenvalue weighted by atomic mass is 16.4. The van der Waals surface area contributed by atoms with E-state index in [1.807, 2.05) is 0 Å². The fourth-order valence-electron chi connectivity index (χ4n) is 1.29. The van der Waals surface area contributed by atoms with E-state index in [0.29, 0.717) is 6.04 Å². The third-order valence-corrected chi connectivity index (χ3v) is 2.30. The van der Waals surface area contributed by atoms with Gasteiger partial charge in [-0.25, -0.2) is 0 Å². The maximum absolute atomic E-state index is 10.4. The largest absolute Gasteiger partial charge is 0.481 e. The van der Waals surface area contributed by atoms with Crippen LogP contribution in [0.1, 0.15) is 40.5 Å². The first-order valence-corrected chi connectivity index (χ1v) is 5.52. The molecule has 0 saturated carbocycles. The summed E-state index contributed by atoms with van der Waals surface area (Å²) in [6, 6.07) is 0.467. The fourth-order valence-corrected chi connectivity index (χ4v) is 1.29. The molecule has 0 aromatic heterocycles. The number of aliphatic carboxylic acids is 1. The Balaban J connectivity index is 3.94. The second kappa shape index (κ2) is 7.46. The Morgan fingerprint density at radius 2 is 2.00 bits per heavy atom. The molecule has 0 rings (SSSR count). The van der Waals surface area contributed by atoms with Gasteiger partial charge in [0.1, 0.15) is 0 Å². The zero-order valence-corrected chi connectivity index (χ0v) is 10.3. The smallest absolute Gasteiger partial charge is 0.303 e. The van der Waals surface area contributed by atoms with Crippen LogP contribution in [0.5, 0.6) is 0 Å². The van der Waals surface area contributed by atoms with Crippen LogP contribution >= 0.6 is 0 Å². The van der Waals surface area contributed by atoms with Crippen LogP contribution in [0.2, 0.25) is 0 Å². The molecule has 0 amide bonds. The summed E-state index contributed by atoms with van der Waals surface area (Å²) in [5.74, 6) is -0.707. The average Bonchev–Trinajstić information content (AvgIpc) is 2.09. The zero-order valence-electron chi connectivity index (χ0n) is 10.3. The van der Waals surface area contributed by atoms with Gasteiger partial charge in [-0.05, 0) is 40.7 Å². The molecule has 0 unspecified atom stereocenters. The van der Waals surface area contributed by atoms with Crippen LogP contribution in [-0.4, -0.2) is 35.1 Å². The van der Waals surface area contributed by atoms with Gasteiger partial charge in [-0.2, -0.15) is 0 Å². The number of hydrogen-bond acceptors (Lipinski definition) is 2. The van der Waals surface area contributed by atoms with E-state index in [4.69, 9.17) is 5.11 Å². The van der Waals surface area contributed by atoms with Gasteiger partial charge in [0.05, 0.1) is 0 Å². The molecule has 0 spiro atoms. The van der Waals surface area contributed by atoms with Gasteiger partial charge in [-0.1, -0.05) is 11.6 Å². The van der Waals surface area contributed by atoms with Gasteiger partial charge >= 0.3 is 5.97 Å². The quantitative estimate of drug-likeness (QED) is 0.661. The maximum atomic E-state index is 10.4. The summed E-state index contributed by atoms with van der Waals surface area (Å²) in [7, 11) is 0. The number of hydrogen-bond donors (Lipinski definition) is 1. The van der Waals surface area contributed by atoms with Crippen LogP contribution in [0.3, 0.4) is 0 Å². The van der Waals surface area contributed by atoms with Crippen molar-refractivity contribution in [2.24, 2.45) is 0 Å². The second-order valence-electron chi connectivity index (χ2n) is 4.37. The van der Waals surface area contributed by atoms with E-state index in [1.165, 1.54) is 5.57 Å². The Kier molecular flexibility index (Phi) is 7.05. The molecule has 1 N–H and O–H groups in total. The van der Waals surface area contributed by atoms with Gasteiger partial charge < -0.3 is 5.11 Å². The van der Waals surface area contributed by atoms with Gasteiger partial charge in [0.25, 0.3) is 0 Å². The molecule has 0 heterocycles. The van der Waals surface area contributed by atoms with E-state index >= 15 is 0 Å². The van der Waals surface area contributed by atoms with Crippen molar-refractivity contribution in [2.45, 2.75) is 46.6 Å². The van der Waals surface area contributed by atoms with E-state index in [1.54, 1.807) is 0 Å². The number of allylic oxidation sites excluding steroid dienone is 1. The Morgan fingerprint density at radius 3 is 2.40 bits per heavy atom. The molecular weight excluding hydrogens is 190 g/mol. The van der Waals surface area contributed by atoms with Crippen LogP contribution in [0, 0.1) is 0 Å². The SMILES string of the molecule is CC(C)=CCN(CCCC(=O)O)C(C)C. The van der Waals surface area contributed by atoms with Crippen molar-refractivity contribution in [3.05, 3.63) is 11.6 Å². The lowest BCUT2D eigenvalue weighted by Gasteiger charge is -2.24. The Hall–Kier alpha value is -0.830. The Bertz CT molecular complexity index is 218. The molecule has 0 saturated heterocycles. The van der Waals surface area contributed by atoms with Crippen molar-refractivity contribution in [1.29, 1.82) is 0 Å². The van der Waals surface area contributed by atoms with Crippen LogP contribution in [0.15, 0.2) is 11.6 Å². The highest BCUT2D eigenvalue weighted by molar-refractivity contribution is 5.66. The number of carbonyl (C=O) groups is 1. The van der Waals surface area contributed by atoms with Crippen LogP contribution in [-0.2, 0) is 4.79 Å². The number of rotatable bonds is 7. The van der Waals surface area contributed by atoms with Crippen molar-refractivity contribution < 1.29 is 9.90 Å². The summed E-state index contributed by atoms with van der Waals surface area (Å²) in [4.78, 5) is 12.7. The third kappa shape index (κ3) is 8.18. The summed E-state index contributed by atoms with van der Waals surface area (Å²) in [5, 5.41) is 8.55. The molecular formula is C12H23NO2. The van der Waals surface area contributed by atoms with Gasteiger partial charge in [0, 0.05) is 19.0 Å². The van der Waals surface area contributed by atoms with Crippen molar-refractivity contribution in [3.63, 3.8) is 0 Å². The molecule has 0 aromatic rings. The predicted octanol–water partition coefficient (Wildman–Crippen LogP) is 2.53. The van der Waals surface area contributed by atoms with Crippen LogP contribution in [0.25, 0.3) is 0 Å².